The van der Waals surface area contributed by atoms with Crippen LogP contribution in [0.25, 0.3) is 6.08 Å². The Bertz CT molecular complexity index is 1500. The van der Waals surface area contributed by atoms with Gasteiger partial charge in [0.2, 0.25) is 5.91 Å². The van der Waals surface area contributed by atoms with Crippen LogP contribution in [0.4, 0.5) is 18.3 Å². The number of amides is 2. The fourth-order valence-corrected chi connectivity index (χ4v) is 6.27. The molecular formula is C29H26F3N3O4S3. The van der Waals surface area contributed by atoms with Gasteiger partial charge in [-0.15, -0.1) is 11.3 Å². The van der Waals surface area contributed by atoms with Gasteiger partial charge in [-0.2, -0.15) is 13.2 Å². The van der Waals surface area contributed by atoms with Crippen molar-refractivity contribution in [2.45, 2.75) is 38.3 Å². The monoisotopic (exact) mass is 633 g/mol. The first-order valence-corrected chi connectivity index (χ1v) is 14.9. The first-order valence-electron chi connectivity index (χ1n) is 12.9. The average molecular weight is 634 g/mol. The van der Waals surface area contributed by atoms with Gasteiger partial charge >= 0.3 is 12.1 Å². The SMILES string of the molecule is COC(=O)c1ccc(C=C2SC(=S)N(CCCCCC(=O)Nc3ncc(Cc4cccc(C(F)(F)F)c4)s3)C2=O)cc1. The van der Waals surface area contributed by atoms with Gasteiger partial charge in [0.1, 0.15) is 4.32 Å². The Balaban J connectivity index is 1.18. The van der Waals surface area contributed by atoms with Gasteiger partial charge in [-0.05, 0) is 48.2 Å². The summed E-state index contributed by atoms with van der Waals surface area (Å²) in [4.78, 5) is 43.8. The summed E-state index contributed by atoms with van der Waals surface area (Å²) in [5.41, 5.74) is 0.990. The molecule has 1 fully saturated rings. The molecule has 1 N–H and O–H groups in total. The van der Waals surface area contributed by atoms with Crippen LogP contribution in [0, 0.1) is 0 Å². The largest absolute Gasteiger partial charge is 0.465 e. The number of methoxy groups -OCH3 is 1. The first-order chi connectivity index (χ1) is 20.0. The highest BCUT2D eigenvalue weighted by Crippen LogP contribution is 2.33. The molecule has 2 aromatic carbocycles. The predicted octanol–water partition coefficient (Wildman–Crippen LogP) is 6.94. The molecule has 0 bridgehead atoms. The number of alkyl halides is 3. The summed E-state index contributed by atoms with van der Waals surface area (Å²) in [7, 11) is 1.31. The number of hydrogen-bond acceptors (Lipinski definition) is 8. The van der Waals surface area contributed by atoms with E-state index >= 15 is 0 Å². The van der Waals surface area contributed by atoms with Gasteiger partial charge in [-0.25, -0.2) is 9.78 Å². The molecule has 1 saturated heterocycles. The van der Waals surface area contributed by atoms with Gasteiger partial charge in [-0.1, -0.05) is 60.7 Å². The molecule has 0 saturated carbocycles. The maximum absolute atomic E-state index is 12.9. The number of carbonyl (C=O) groups excluding carboxylic acids is 3. The molecule has 0 radical (unpaired) electrons. The number of unbranched alkanes of at least 4 members (excludes halogenated alkanes) is 2. The molecule has 0 spiro atoms. The van der Waals surface area contributed by atoms with Crippen LogP contribution in [0.3, 0.4) is 0 Å². The highest BCUT2D eigenvalue weighted by atomic mass is 32.2. The molecule has 1 aliphatic heterocycles. The number of thioether (sulfide) groups is 1. The van der Waals surface area contributed by atoms with E-state index in [0.717, 1.165) is 22.6 Å². The Kier molecular flexibility index (Phi) is 10.5. The minimum absolute atomic E-state index is 0.176. The van der Waals surface area contributed by atoms with E-state index in [1.54, 1.807) is 47.5 Å². The number of thiocarbonyl (C=S) groups is 1. The van der Waals surface area contributed by atoms with E-state index < -0.39 is 17.7 Å². The number of hydrogen-bond donors (Lipinski definition) is 1. The molecule has 0 unspecified atom stereocenters. The second-order valence-electron chi connectivity index (χ2n) is 9.31. The molecule has 0 atom stereocenters. The maximum atomic E-state index is 12.9. The van der Waals surface area contributed by atoms with Crippen LogP contribution in [0.1, 0.15) is 57.6 Å². The zero-order valence-electron chi connectivity index (χ0n) is 22.4. The molecule has 0 aliphatic carbocycles. The molecule has 13 heteroatoms. The maximum Gasteiger partial charge on any atom is 0.416 e. The van der Waals surface area contributed by atoms with Crippen LogP contribution in [0.2, 0.25) is 0 Å². The number of esters is 1. The fraction of sp³-hybridized carbons (Fsp3) is 0.276. The molecule has 3 aromatic rings. The minimum atomic E-state index is -4.40. The van der Waals surface area contributed by atoms with Crippen molar-refractivity contribution in [3.63, 3.8) is 0 Å². The van der Waals surface area contributed by atoms with Crippen molar-refractivity contribution in [2.75, 3.05) is 19.0 Å². The van der Waals surface area contributed by atoms with E-state index in [1.165, 1.54) is 36.3 Å². The van der Waals surface area contributed by atoms with Gasteiger partial charge in [-0.3, -0.25) is 14.5 Å². The highest BCUT2D eigenvalue weighted by Gasteiger charge is 2.32. The van der Waals surface area contributed by atoms with Crippen LogP contribution in [0.5, 0.6) is 0 Å². The van der Waals surface area contributed by atoms with Crippen LogP contribution in [-0.4, -0.2) is 45.6 Å². The van der Waals surface area contributed by atoms with E-state index in [1.807, 2.05) is 0 Å². The van der Waals surface area contributed by atoms with E-state index in [0.29, 0.717) is 51.3 Å². The number of benzene rings is 2. The summed E-state index contributed by atoms with van der Waals surface area (Å²) >= 11 is 7.83. The third-order valence-corrected chi connectivity index (χ3v) is 8.51. The van der Waals surface area contributed by atoms with Crippen molar-refractivity contribution in [1.82, 2.24) is 9.88 Å². The number of nitrogens with one attached hydrogen (secondary N) is 1. The van der Waals surface area contributed by atoms with Crippen molar-refractivity contribution in [1.29, 1.82) is 0 Å². The van der Waals surface area contributed by atoms with Crippen molar-refractivity contribution in [2.24, 2.45) is 0 Å². The Labute approximate surface area is 254 Å². The summed E-state index contributed by atoms with van der Waals surface area (Å²) in [5, 5.41) is 3.13. The minimum Gasteiger partial charge on any atom is -0.465 e. The van der Waals surface area contributed by atoms with Crippen LogP contribution < -0.4 is 5.32 Å². The number of carbonyl (C=O) groups is 3. The molecule has 42 heavy (non-hydrogen) atoms. The van der Waals surface area contributed by atoms with Crippen molar-refractivity contribution in [3.8, 4) is 0 Å². The number of aromatic nitrogens is 1. The Morgan fingerprint density at radius 3 is 2.60 bits per heavy atom. The normalized spacial score (nSPS) is 14.5. The average Bonchev–Trinajstić information content (AvgIpc) is 3.50. The molecule has 7 nitrogen and oxygen atoms in total. The molecule has 1 aromatic heterocycles. The lowest BCUT2D eigenvalue weighted by Crippen LogP contribution is -2.29. The number of halogens is 3. The lowest BCUT2D eigenvalue weighted by atomic mass is 10.1. The molecule has 220 valence electrons. The summed E-state index contributed by atoms with van der Waals surface area (Å²) in [5.74, 6) is -0.818. The second kappa shape index (κ2) is 14.1. The molecule has 1 aliphatic rings. The highest BCUT2D eigenvalue weighted by molar-refractivity contribution is 8.26. The quantitative estimate of drug-likeness (QED) is 0.106. The lowest BCUT2D eigenvalue weighted by molar-refractivity contribution is -0.137. The number of nitrogens with zero attached hydrogens (tertiary/aromatic N) is 2. The number of ether oxygens (including phenoxy) is 1. The standard InChI is InChI=1S/C29H26F3N3O4S3/c1-39-26(38)20-11-9-18(10-12-20)16-23-25(37)35(28(40)42-23)13-4-2-3-8-24(36)34-27-33-17-22(41-27)15-19-6-5-7-21(14-19)29(30,31)32/h5-7,9-12,14,16-17H,2-4,8,13,15H2,1H3,(H,33,34,36). The summed E-state index contributed by atoms with van der Waals surface area (Å²) in [6.45, 7) is 0.441. The zero-order chi connectivity index (χ0) is 30.3. The first kappa shape index (κ1) is 31.4. The van der Waals surface area contributed by atoms with E-state index in [4.69, 9.17) is 17.0 Å². The van der Waals surface area contributed by atoms with Crippen LogP contribution >= 0.6 is 35.3 Å². The number of rotatable bonds is 11. The molecule has 2 heterocycles. The predicted molar refractivity (Wildman–Crippen MR) is 161 cm³/mol. The van der Waals surface area contributed by atoms with E-state index in [9.17, 15) is 27.6 Å². The topological polar surface area (TPSA) is 88.6 Å². The van der Waals surface area contributed by atoms with Crippen LogP contribution in [-0.2, 0) is 26.9 Å². The van der Waals surface area contributed by atoms with Gasteiger partial charge in [0.05, 0.1) is 23.1 Å². The second-order valence-corrected chi connectivity index (χ2v) is 12.1. The molecule has 2 amide bonds. The van der Waals surface area contributed by atoms with Crippen molar-refractivity contribution < 1.29 is 32.3 Å². The third-order valence-electron chi connectivity index (χ3n) is 6.22. The summed E-state index contributed by atoms with van der Waals surface area (Å²) < 4.78 is 44.0. The molecule has 4 rings (SSSR count). The van der Waals surface area contributed by atoms with Gasteiger partial charge in [0.15, 0.2) is 5.13 Å². The Morgan fingerprint density at radius 2 is 1.88 bits per heavy atom. The number of anilines is 1. The smallest absolute Gasteiger partial charge is 0.416 e. The summed E-state index contributed by atoms with van der Waals surface area (Å²) in [6, 6.07) is 11.9. The van der Waals surface area contributed by atoms with Gasteiger partial charge in [0, 0.05) is 30.5 Å². The van der Waals surface area contributed by atoms with Gasteiger partial charge in [0.25, 0.3) is 5.91 Å². The number of thiazole rings is 1. The lowest BCUT2D eigenvalue weighted by Gasteiger charge is -2.14. The van der Waals surface area contributed by atoms with Crippen LogP contribution in [0.15, 0.2) is 59.6 Å². The Morgan fingerprint density at radius 1 is 1.12 bits per heavy atom. The van der Waals surface area contributed by atoms with Gasteiger partial charge < -0.3 is 10.1 Å². The van der Waals surface area contributed by atoms with Crippen molar-refractivity contribution in [3.05, 3.63) is 86.8 Å². The zero-order valence-corrected chi connectivity index (χ0v) is 24.9. The molecular weight excluding hydrogens is 608 g/mol. The third kappa shape index (κ3) is 8.49. The van der Waals surface area contributed by atoms with E-state index in [-0.39, 0.29) is 24.7 Å². The fourth-order valence-electron chi connectivity index (χ4n) is 4.10. The van der Waals surface area contributed by atoms with Crippen molar-refractivity contribution >= 4 is 68.6 Å². The van der Waals surface area contributed by atoms with E-state index in [2.05, 4.69) is 10.3 Å². The summed E-state index contributed by atoms with van der Waals surface area (Å²) in [6.07, 6.45) is 1.40. The Hall–Kier alpha value is -3.55.